The molecule has 0 bridgehead atoms. The molecule has 0 amide bonds. The van der Waals surface area contributed by atoms with Gasteiger partial charge in [-0.3, -0.25) is 4.72 Å². The first-order chi connectivity index (χ1) is 16.1. The van der Waals surface area contributed by atoms with E-state index in [9.17, 15) is 26.0 Å². The van der Waals surface area contributed by atoms with E-state index in [0.29, 0.717) is 23.2 Å². The maximum absolute atomic E-state index is 13.5. The first-order valence-electron chi connectivity index (χ1n) is 9.70. The molecule has 1 N–H and O–H groups in total. The van der Waals surface area contributed by atoms with Crippen molar-refractivity contribution in [3.05, 3.63) is 84.1 Å². The number of methoxy groups -OCH3 is 1. The molecule has 178 valence electrons. The minimum Gasteiger partial charge on any atom is -0.493 e. The standard InChI is InChI=1S/C22H17F4N3O4S/c1-32-19-8-5-14(10-20(19)33-13-15-12-29-9-3-2-4-21(29)27-15)28-34(30,31)16-6-7-18(23)17(11-16)22(24,25)26/h2-12,28H,13H2,1H3. The van der Waals surface area contributed by atoms with Gasteiger partial charge in [0, 0.05) is 18.5 Å². The molecular formula is C22H17F4N3O4S. The van der Waals surface area contributed by atoms with Gasteiger partial charge in [0.1, 0.15) is 18.1 Å². The minimum absolute atomic E-state index is 0.00341. The zero-order valence-electron chi connectivity index (χ0n) is 17.5. The van der Waals surface area contributed by atoms with Crippen LogP contribution in [0.5, 0.6) is 11.5 Å². The van der Waals surface area contributed by atoms with Crippen LogP contribution in [0.15, 0.2) is 71.9 Å². The molecule has 2 aromatic heterocycles. The average molecular weight is 495 g/mol. The number of ether oxygens (including phenoxy) is 2. The summed E-state index contributed by atoms with van der Waals surface area (Å²) in [6.07, 6.45) is -1.46. The Morgan fingerprint density at radius 3 is 2.56 bits per heavy atom. The van der Waals surface area contributed by atoms with Crippen molar-refractivity contribution in [1.29, 1.82) is 0 Å². The predicted molar refractivity (Wildman–Crippen MR) is 115 cm³/mol. The van der Waals surface area contributed by atoms with E-state index in [0.717, 1.165) is 6.07 Å². The second-order valence-electron chi connectivity index (χ2n) is 7.10. The number of hydrogen-bond donors (Lipinski definition) is 1. The molecule has 0 atom stereocenters. The Bertz CT molecular complexity index is 1420. The van der Waals surface area contributed by atoms with Crippen molar-refractivity contribution in [3.8, 4) is 11.5 Å². The Kier molecular flexibility index (Phi) is 6.09. The monoisotopic (exact) mass is 495 g/mol. The number of anilines is 1. The summed E-state index contributed by atoms with van der Waals surface area (Å²) >= 11 is 0. The molecule has 7 nitrogen and oxygen atoms in total. The lowest BCUT2D eigenvalue weighted by atomic mass is 10.2. The second kappa shape index (κ2) is 8.86. The molecule has 0 aliphatic heterocycles. The number of benzene rings is 2. The van der Waals surface area contributed by atoms with Crippen LogP contribution in [0, 0.1) is 5.82 Å². The maximum Gasteiger partial charge on any atom is 0.419 e. The highest BCUT2D eigenvalue weighted by Crippen LogP contribution is 2.34. The topological polar surface area (TPSA) is 81.9 Å². The van der Waals surface area contributed by atoms with Gasteiger partial charge in [-0.25, -0.2) is 17.8 Å². The molecule has 0 spiro atoms. The third-order valence-electron chi connectivity index (χ3n) is 4.76. The molecule has 2 heterocycles. The summed E-state index contributed by atoms with van der Waals surface area (Å²) in [5, 5.41) is 0. The summed E-state index contributed by atoms with van der Waals surface area (Å²) in [5.74, 6) is -1.10. The van der Waals surface area contributed by atoms with Gasteiger partial charge >= 0.3 is 6.18 Å². The van der Waals surface area contributed by atoms with Crippen LogP contribution in [0.3, 0.4) is 0 Å². The van der Waals surface area contributed by atoms with Crippen molar-refractivity contribution in [2.24, 2.45) is 0 Å². The van der Waals surface area contributed by atoms with Crippen LogP contribution in [0.25, 0.3) is 5.65 Å². The van der Waals surface area contributed by atoms with Crippen molar-refractivity contribution < 1.29 is 35.5 Å². The van der Waals surface area contributed by atoms with Crippen LogP contribution in [0.2, 0.25) is 0 Å². The Morgan fingerprint density at radius 1 is 1.06 bits per heavy atom. The lowest BCUT2D eigenvalue weighted by molar-refractivity contribution is -0.140. The summed E-state index contributed by atoms with van der Waals surface area (Å²) in [4.78, 5) is 3.66. The first kappa shape index (κ1) is 23.4. The van der Waals surface area contributed by atoms with E-state index < -0.39 is 32.5 Å². The van der Waals surface area contributed by atoms with E-state index in [1.807, 2.05) is 24.4 Å². The van der Waals surface area contributed by atoms with Crippen LogP contribution in [0.1, 0.15) is 11.3 Å². The fourth-order valence-electron chi connectivity index (χ4n) is 3.16. The van der Waals surface area contributed by atoms with E-state index in [1.54, 1.807) is 10.6 Å². The average Bonchev–Trinajstić information content (AvgIpc) is 3.20. The van der Waals surface area contributed by atoms with Crippen LogP contribution < -0.4 is 14.2 Å². The Morgan fingerprint density at radius 2 is 1.85 bits per heavy atom. The predicted octanol–water partition coefficient (Wildman–Crippen LogP) is 4.88. The number of halogens is 4. The van der Waals surface area contributed by atoms with Gasteiger partial charge in [0.15, 0.2) is 11.5 Å². The number of fused-ring (bicyclic) bond motifs is 1. The van der Waals surface area contributed by atoms with E-state index in [2.05, 4.69) is 9.71 Å². The molecule has 0 aliphatic carbocycles. The molecule has 0 fully saturated rings. The van der Waals surface area contributed by atoms with E-state index in [4.69, 9.17) is 9.47 Å². The number of hydrogen-bond acceptors (Lipinski definition) is 5. The molecule has 0 radical (unpaired) electrons. The van der Waals surface area contributed by atoms with Gasteiger partial charge < -0.3 is 13.9 Å². The van der Waals surface area contributed by atoms with Crippen molar-refractivity contribution in [3.63, 3.8) is 0 Å². The maximum atomic E-state index is 13.5. The zero-order valence-corrected chi connectivity index (χ0v) is 18.3. The fraction of sp³-hybridized carbons (Fsp3) is 0.136. The second-order valence-corrected chi connectivity index (χ2v) is 8.78. The van der Waals surface area contributed by atoms with Gasteiger partial charge in [-0.05, 0) is 42.5 Å². The number of nitrogens with zero attached hydrogens (tertiary/aromatic N) is 2. The molecule has 4 aromatic rings. The van der Waals surface area contributed by atoms with Crippen LogP contribution in [-0.2, 0) is 22.8 Å². The van der Waals surface area contributed by atoms with Gasteiger partial charge in [0.25, 0.3) is 10.0 Å². The SMILES string of the molecule is COc1ccc(NS(=O)(=O)c2ccc(F)c(C(F)(F)F)c2)cc1OCc1cn2ccccc2n1. The number of aromatic nitrogens is 2. The van der Waals surface area contributed by atoms with Crippen molar-refractivity contribution in [2.75, 3.05) is 11.8 Å². The van der Waals surface area contributed by atoms with Crippen molar-refractivity contribution in [1.82, 2.24) is 9.38 Å². The number of rotatable bonds is 7. The highest BCUT2D eigenvalue weighted by Gasteiger charge is 2.35. The minimum atomic E-state index is -5.05. The third kappa shape index (κ3) is 4.91. The highest BCUT2D eigenvalue weighted by atomic mass is 32.2. The van der Waals surface area contributed by atoms with E-state index >= 15 is 0 Å². The lowest BCUT2D eigenvalue weighted by Gasteiger charge is -2.14. The smallest absolute Gasteiger partial charge is 0.419 e. The van der Waals surface area contributed by atoms with Gasteiger partial charge in [0.2, 0.25) is 0 Å². The van der Waals surface area contributed by atoms with Crippen molar-refractivity contribution >= 4 is 21.4 Å². The van der Waals surface area contributed by atoms with Gasteiger partial charge in [-0.15, -0.1) is 0 Å². The number of sulfonamides is 1. The Labute approximate surface area is 191 Å². The number of pyridine rings is 1. The molecule has 34 heavy (non-hydrogen) atoms. The molecule has 12 heteroatoms. The van der Waals surface area contributed by atoms with E-state index in [-0.39, 0.29) is 24.1 Å². The molecular weight excluding hydrogens is 478 g/mol. The summed E-state index contributed by atoms with van der Waals surface area (Å²) in [7, 11) is -3.07. The number of nitrogens with one attached hydrogen (secondary N) is 1. The molecule has 0 aliphatic rings. The third-order valence-corrected chi connectivity index (χ3v) is 6.14. The Balaban J connectivity index is 1.57. The zero-order chi connectivity index (χ0) is 24.5. The van der Waals surface area contributed by atoms with Crippen molar-refractivity contribution in [2.45, 2.75) is 17.7 Å². The summed E-state index contributed by atoms with van der Waals surface area (Å²) in [6.45, 7) is 0.0428. The number of imidazole rings is 1. The lowest BCUT2D eigenvalue weighted by Crippen LogP contribution is -2.16. The normalized spacial score (nSPS) is 12.0. The number of alkyl halides is 3. The molecule has 0 saturated carbocycles. The Hall–Kier alpha value is -3.80. The summed E-state index contributed by atoms with van der Waals surface area (Å²) < 4.78 is 92.7. The molecule has 0 saturated heterocycles. The van der Waals surface area contributed by atoms with Gasteiger partial charge in [-0.2, -0.15) is 13.2 Å². The van der Waals surface area contributed by atoms with Crippen LogP contribution >= 0.6 is 0 Å². The van der Waals surface area contributed by atoms with Gasteiger partial charge in [0.05, 0.1) is 29.0 Å². The summed E-state index contributed by atoms with van der Waals surface area (Å²) in [5.41, 5.74) is -0.359. The largest absolute Gasteiger partial charge is 0.493 e. The van der Waals surface area contributed by atoms with Gasteiger partial charge in [-0.1, -0.05) is 6.07 Å². The molecule has 0 unspecified atom stereocenters. The van der Waals surface area contributed by atoms with E-state index in [1.165, 1.54) is 25.3 Å². The van der Waals surface area contributed by atoms with Crippen LogP contribution in [0.4, 0.5) is 23.2 Å². The molecule has 2 aromatic carbocycles. The fourth-order valence-corrected chi connectivity index (χ4v) is 4.24. The summed E-state index contributed by atoms with van der Waals surface area (Å²) in [6, 6.07) is 11.0. The first-order valence-corrected chi connectivity index (χ1v) is 11.2. The highest BCUT2D eigenvalue weighted by molar-refractivity contribution is 7.92. The molecule has 4 rings (SSSR count). The van der Waals surface area contributed by atoms with Crippen LogP contribution in [-0.4, -0.2) is 24.9 Å². The quantitative estimate of drug-likeness (QED) is 0.370.